The smallest absolute Gasteiger partial charge is 0.159 e. The molecule has 4 nitrogen and oxygen atoms in total. The molecule has 0 aliphatic carbocycles. The average molecular weight is 165 g/mol. The summed E-state index contributed by atoms with van der Waals surface area (Å²) in [5.74, 6) is 0.230. The number of nitrogens with zero attached hydrogens (tertiary/aromatic N) is 3. The first-order valence-electron chi connectivity index (χ1n) is 3.76. The van der Waals surface area contributed by atoms with E-state index in [1.165, 1.54) is 0 Å². The van der Waals surface area contributed by atoms with Crippen LogP contribution in [0, 0.1) is 25.2 Å². The second-order valence-electron chi connectivity index (χ2n) is 2.65. The summed E-state index contributed by atoms with van der Waals surface area (Å²) in [6, 6.07) is 2.03. The molecule has 4 heteroatoms. The van der Waals surface area contributed by atoms with E-state index in [2.05, 4.69) is 5.10 Å². The molecule has 0 bridgehead atoms. The Morgan fingerprint density at radius 3 is 2.67 bits per heavy atom. The average Bonchev–Trinajstić information content (AvgIpc) is 2.30. The largest absolute Gasteiger partial charge is 0.504 e. The zero-order valence-electron chi connectivity index (χ0n) is 7.20. The number of hydrogen-bond donors (Lipinski definition) is 1. The number of nitriles is 1. The lowest BCUT2D eigenvalue weighted by Crippen LogP contribution is -2.01. The van der Waals surface area contributed by atoms with E-state index in [-0.39, 0.29) is 5.75 Å². The van der Waals surface area contributed by atoms with E-state index in [4.69, 9.17) is 5.26 Å². The van der Waals surface area contributed by atoms with Crippen molar-refractivity contribution in [2.24, 2.45) is 0 Å². The van der Waals surface area contributed by atoms with Crippen molar-refractivity contribution in [1.82, 2.24) is 9.78 Å². The maximum absolute atomic E-state index is 9.36. The van der Waals surface area contributed by atoms with Gasteiger partial charge in [0.15, 0.2) is 5.75 Å². The third-order valence-corrected chi connectivity index (χ3v) is 1.78. The molecule has 0 fully saturated rings. The van der Waals surface area contributed by atoms with Crippen molar-refractivity contribution < 1.29 is 5.11 Å². The SMILES string of the molecule is Cc1nn(CCC#N)c(C)c1O. The van der Waals surface area contributed by atoms with Gasteiger partial charge in [0.1, 0.15) is 5.69 Å². The van der Waals surface area contributed by atoms with Gasteiger partial charge in [-0.1, -0.05) is 0 Å². The lowest BCUT2D eigenvalue weighted by Gasteiger charge is -1.98. The molecule has 0 saturated heterocycles. The minimum atomic E-state index is 0.230. The Morgan fingerprint density at radius 1 is 1.58 bits per heavy atom. The summed E-state index contributed by atoms with van der Waals surface area (Å²) in [5, 5.41) is 21.8. The molecule has 12 heavy (non-hydrogen) atoms. The molecule has 1 aromatic heterocycles. The minimum Gasteiger partial charge on any atom is -0.504 e. The molecule has 1 rings (SSSR count). The van der Waals surface area contributed by atoms with Crippen LogP contribution in [0.25, 0.3) is 0 Å². The highest BCUT2D eigenvalue weighted by molar-refractivity contribution is 5.29. The van der Waals surface area contributed by atoms with Crippen LogP contribution >= 0.6 is 0 Å². The highest BCUT2D eigenvalue weighted by Crippen LogP contribution is 2.19. The van der Waals surface area contributed by atoms with Crippen LogP contribution in [0.3, 0.4) is 0 Å². The molecular formula is C8H11N3O. The number of hydrogen-bond acceptors (Lipinski definition) is 3. The van der Waals surface area contributed by atoms with Crippen LogP contribution in [0.5, 0.6) is 5.75 Å². The summed E-state index contributed by atoms with van der Waals surface area (Å²) < 4.78 is 1.65. The zero-order chi connectivity index (χ0) is 9.14. The molecule has 0 saturated carbocycles. The fourth-order valence-corrected chi connectivity index (χ4v) is 1.06. The van der Waals surface area contributed by atoms with E-state index < -0.39 is 0 Å². The number of aromatic nitrogens is 2. The van der Waals surface area contributed by atoms with Gasteiger partial charge in [0, 0.05) is 0 Å². The van der Waals surface area contributed by atoms with Gasteiger partial charge in [0.25, 0.3) is 0 Å². The fraction of sp³-hybridized carbons (Fsp3) is 0.500. The first-order valence-corrected chi connectivity index (χ1v) is 3.76. The van der Waals surface area contributed by atoms with Gasteiger partial charge in [0.05, 0.1) is 24.7 Å². The molecule has 1 heterocycles. The molecule has 0 aliphatic rings. The third-order valence-electron chi connectivity index (χ3n) is 1.78. The summed E-state index contributed by atoms with van der Waals surface area (Å²) in [7, 11) is 0. The highest BCUT2D eigenvalue weighted by Gasteiger charge is 2.08. The molecule has 0 unspecified atom stereocenters. The van der Waals surface area contributed by atoms with Crippen molar-refractivity contribution in [2.75, 3.05) is 0 Å². The van der Waals surface area contributed by atoms with E-state index >= 15 is 0 Å². The lowest BCUT2D eigenvalue weighted by atomic mass is 10.3. The monoisotopic (exact) mass is 165 g/mol. The molecule has 1 aromatic rings. The Morgan fingerprint density at radius 2 is 2.25 bits per heavy atom. The van der Waals surface area contributed by atoms with Gasteiger partial charge in [-0.15, -0.1) is 0 Å². The van der Waals surface area contributed by atoms with Crippen LogP contribution in [-0.4, -0.2) is 14.9 Å². The Labute approximate surface area is 71.1 Å². The molecular weight excluding hydrogens is 154 g/mol. The Balaban J connectivity index is 2.87. The van der Waals surface area contributed by atoms with E-state index in [1.807, 2.05) is 6.07 Å². The van der Waals surface area contributed by atoms with Gasteiger partial charge in [-0.2, -0.15) is 10.4 Å². The van der Waals surface area contributed by atoms with Gasteiger partial charge >= 0.3 is 0 Å². The summed E-state index contributed by atoms with van der Waals surface area (Å²) in [6.45, 7) is 4.07. The molecule has 0 aliphatic heterocycles. The predicted octanol–water partition coefficient (Wildman–Crippen LogP) is 1.12. The van der Waals surface area contributed by atoms with Crippen molar-refractivity contribution in [1.29, 1.82) is 5.26 Å². The van der Waals surface area contributed by atoms with Gasteiger partial charge < -0.3 is 5.11 Å². The lowest BCUT2D eigenvalue weighted by molar-refractivity contribution is 0.464. The first-order chi connectivity index (χ1) is 5.66. The van der Waals surface area contributed by atoms with Gasteiger partial charge in [-0.05, 0) is 13.8 Å². The number of aromatic hydroxyl groups is 1. The normalized spacial score (nSPS) is 9.75. The zero-order valence-corrected chi connectivity index (χ0v) is 7.20. The van der Waals surface area contributed by atoms with Crippen molar-refractivity contribution in [2.45, 2.75) is 26.8 Å². The van der Waals surface area contributed by atoms with Gasteiger partial charge in [-0.25, -0.2) is 0 Å². The van der Waals surface area contributed by atoms with E-state index in [0.29, 0.717) is 18.7 Å². The van der Waals surface area contributed by atoms with Crippen molar-refractivity contribution in [3.63, 3.8) is 0 Å². The Kier molecular flexibility index (Phi) is 2.34. The van der Waals surface area contributed by atoms with Crippen molar-refractivity contribution in [3.05, 3.63) is 11.4 Å². The second kappa shape index (κ2) is 3.26. The molecule has 0 atom stereocenters. The third kappa shape index (κ3) is 1.40. The maximum Gasteiger partial charge on any atom is 0.159 e. The molecule has 0 amide bonds. The Bertz CT molecular complexity index is 322. The van der Waals surface area contributed by atoms with Crippen molar-refractivity contribution >= 4 is 0 Å². The quantitative estimate of drug-likeness (QED) is 0.714. The summed E-state index contributed by atoms with van der Waals surface area (Å²) in [4.78, 5) is 0. The van der Waals surface area contributed by atoms with Crippen LogP contribution in [0.2, 0.25) is 0 Å². The van der Waals surface area contributed by atoms with Crippen LogP contribution in [-0.2, 0) is 6.54 Å². The van der Waals surface area contributed by atoms with Crippen LogP contribution in [0.1, 0.15) is 17.8 Å². The summed E-state index contributed by atoms with van der Waals surface area (Å²) in [6.07, 6.45) is 0.418. The Hall–Kier alpha value is -1.50. The first kappa shape index (κ1) is 8.60. The van der Waals surface area contributed by atoms with Crippen LogP contribution in [0.4, 0.5) is 0 Å². The summed E-state index contributed by atoms with van der Waals surface area (Å²) in [5.41, 5.74) is 1.34. The molecule has 0 radical (unpaired) electrons. The van der Waals surface area contributed by atoms with E-state index in [9.17, 15) is 5.11 Å². The number of aryl methyl sites for hydroxylation is 2. The van der Waals surface area contributed by atoms with E-state index in [0.717, 1.165) is 5.69 Å². The van der Waals surface area contributed by atoms with E-state index in [1.54, 1.807) is 18.5 Å². The standard InChI is InChI=1S/C8H11N3O/c1-6-8(12)7(2)11(10-6)5-3-4-9/h12H,3,5H2,1-2H3. The predicted molar refractivity (Wildman–Crippen MR) is 43.6 cm³/mol. The summed E-state index contributed by atoms with van der Waals surface area (Å²) >= 11 is 0. The van der Waals surface area contributed by atoms with Crippen LogP contribution < -0.4 is 0 Å². The van der Waals surface area contributed by atoms with Crippen molar-refractivity contribution in [3.8, 4) is 11.8 Å². The molecule has 1 N–H and O–H groups in total. The fourth-order valence-electron chi connectivity index (χ4n) is 1.06. The highest BCUT2D eigenvalue weighted by atomic mass is 16.3. The molecule has 0 aromatic carbocycles. The number of rotatable bonds is 2. The molecule has 64 valence electrons. The maximum atomic E-state index is 9.36. The second-order valence-corrected chi connectivity index (χ2v) is 2.65. The van der Waals surface area contributed by atoms with Gasteiger partial charge in [-0.3, -0.25) is 4.68 Å². The van der Waals surface area contributed by atoms with Gasteiger partial charge in [0.2, 0.25) is 0 Å². The topological polar surface area (TPSA) is 61.8 Å². The van der Waals surface area contributed by atoms with Crippen LogP contribution in [0.15, 0.2) is 0 Å². The molecule has 0 spiro atoms. The minimum absolute atomic E-state index is 0.230.